The third kappa shape index (κ3) is 4.47. The zero-order chi connectivity index (χ0) is 15.1. The second-order valence-electron chi connectivity index (χ2n) is 5.25. The van der Waals surface area contributed by atoms with Gasteiger partial charge < -0.3 is 15.2 Å². The van der Waals surface area contributed by atoms with Gasteiger partial charge in [-0.25, -0.2) is 0 Å². The van der Waals surface area contributed by atoms with Crippen molar-refractivity contribution in [1.29, 1.82) is 0 Å². The molecule has 4 heteroatoms. The van der Waals surface area contributed by atoms with E-state index in [1.807, 2.05) is 6.07 Å². The molecule has 0 aromatic heterocycles. The van der Waals surface area contributed by atoms with Crippen LogP contribution in [-0.4, -0.2) is 44.9 Å². The zero-order valence-corrected chi connectivity index (χ0v) is 12.9. The molecule has 4 nitrogen and oxygen atoms in total. The molecule has 1 aromatic carbocycles. The van der Waals surface area contributed by atoms with E-state index in [-0.39, 0.29) is 0 Å². The lowest BCUT2D eigenvalue weighted by Crippen LogP contribution is -2.36. The highest BCUT2D eigenvalue weighted by Crippen LogP contribution is 2.21. The Balaban J connectivity index is 2.03. The lowest BCUT2D eigenvalue weighted by molar-refractivity contribution is 0.0388. The van der Waals surface area contributed by atoms with Crippen molar-refractivity contribution in [3.8, 4) is 17.6 Å². The average molecular weight is 288 g/mol. The summed E-state index contributed by atoms with van der Waals surface area (Å²) in [5.41, 5.74) is 7.61. The van der Waals surface area contributed by atoms with Crippen LogP contribution in [-0.2, 0) is 11.3 Å². The highest BCUT2D eigenvalue weighted by Gasteiger charge is 2.18. The highest BCUT2D eigenvalue weighted by molar-refractivity contribution is 5.48. The Hall–Kier alpha value is -1.54. The van der Waals surface area contributed by atoms with E-state index >= 15 is 0 Å². The minimum atomic E-state index is 0.359. The van der Waals surface area contributed by atoms with Crippen molar-refractivity contribution in [3.05, 3.63) is 29.3 Å². The fraction of sp³-hybridized carbons (Fsp3) is 0.529. The van der Waals surface area contributed by atoms with E-state index in [0.717, 1.165) is 43.8 Å². The largest absolute Gasteiger partial charge is 0.495 e. The van der Waals surface area contributed by atoms with Crippen molar-refractivity contribution in [2.75, 3.05) is 33.9 Å². The van der Waals surface area contributed by atoms with E-state index in [1.54, 1.807) is 14.2 Å². The monoisotopic (exact) mass is 288 g/mol. The van der Waals surface area contributed by atoms with E-state index in [9.17, 15) is 0 Å². The number of rotatable bonds is 4. The summed E-state index contributed by atoms with van der Waals surface area (Å²) in [6.45, 7) is 3.46. The van der Waals surface area contributed by atoms with Gasteiger partial charge in [-0.2, -0.15) is 0 Å². The van der Waals surface area contributed by atoms with Gasteiger partial charge in [-0.05, 0) is 30.5 Å². The zero-order valence-electron chi connectivity index (χ0n) is 12.9. The Labute approximate surface area is 127 Å². The number of benzene rings is 1. The lowest BCUT2D eigenvalue weighted by Gasteiger charge is -2.31. The predicted octanol–water partition coefficient (Wildman–Crippen LogP) is 1.62. The number of nitrogens with zero attached hydrogens (tertiary/aromatic N) is 1. The van der Waals surface area contributed by atoms with Crippen LogP contribution < -0.4 is 10.5 Å². The first kappa shape index (κ1) is 15.8. The van der Waals surface area contributed by atoms with Gasteiger partial charge in [0, 0.05) is 26.7 Å². The molecule has 1 heterocycles. The number of ether oxygens (including phenoxy) is 2. The first-order valence-corrected chi connectivity index (χ1v) is 7.37. The van der Waals surface area contributed by atoms with Crippen LogP contribution in [0.2, 0.25) is 0 Å². The molecule has 1 saturated heterocycles. The number of hydrogen-bond donors (Lipinski definition) is 1. The van der Waals surface area contributed by atoms with Gasteiger partial charge >= 0.3 is 0 Å². The van der Waals surface area contributed by atoms with E-state index in [1.165, 1.54) is 5.56 Å². The first-order chi connectivity index (χ1) is 10.3. The van der Waals surface area contributed by atoms with Gasteiger partial charge in [-0.1, -0.05) is 17.9 Å². The Morgan fingerprint density at radius 3 is 2.67 bits per heavy atom. The molecule has 2 rings (SSSR count). The van der Waals surface area contributed by atoms with Crippen LogP contribution in [0.5, 0.6) is 5.75 Å². The van der Waals surface area contributed by atoms with Crippen molar-refractivity contribution in [2.45, 2.75) is 25.5 Å². The van der Waals surface area contributed by atoms with Crippen LogP contribution in [0, 0.1) is 11.8 Å². The molecular formula is C17H24N2O2. The predicted molar refractivity (Wildman–Crippen MR) is 84.2 cm³/mol. The number of piperidine rings is 1. The maximum atomic E-state index is 5.45. The summed E-state index contributed by atoms with van der Waals surface area (Å²) in [6, 6.07) is 6.19. The van der Waals surface area contributed by atoms with Gasteiger partial charge in [0.25, 0.3) is 0 Å². The topological polar surface area (TPSA) is 47.7 Å². The Morgan fingerprint density at radius 2 is 2.05 bits per heavy atom. The van der Waals surface area contributed by atoms with E-state index in [2.05, 4.69) is 28.9 Å². The molecule has 0 bridgehead atoms. The normalized spacial score (nSPS) is 16.3. The molecule has 0 atom stereocenters. The average Bonchev–Trinajstić information content (AvgIpc) is 2.54. The summed E-state index contributed by atoms with van der Waals surface area (Å²) in [6.07, 6.45) is 2.63. The van der Waals surface area contributed by atoms with Gasteiger partial charge in [-0.3, -0.25) is 4.90 Å². The smallest absolute Gasteiger partial charge is 0.134 e. The molecule has 1 fully saturated rings. The number of methoxy groups -OCH3 is 2. The molecule has 0 radical (unpaired) electrons. The van der Waals surface area contributed by atoms with Gasteiger partial charge in [0.2, 0.25) is 0 Å². The molecular weight excluding hydrogens is 264 g/mol. The standard InChI is InChI=1S/C17H24N2O2/c1-20-16-7-10-19(11-8-16)13-14-5-6-17(21-2)15(12-14)4-3-9-18/h5-6,12,16H,7-11,13,18H2,1-2H3. The summed E-state index contributed by atoms with van der Waals surface area (Å²) in [5.74, 6) is 6.77. The summed E-state index contributed by atoms with van der Waals surface area (Å²) >= 11 is 0. The van der Waals surface area contributed by atoms with Gasteiger partial charge in [0.1, 0.15) is 5.75 Å². The Bertz CT molecular complexity index is 511. The minimum Gasteiger partial charge on any atom is -0.495 e. The molecule has 1 aliphatic heterocycles. The van der Waals surface area contributed by atoms with Gasteiger partial charge in [0.05, 0.1) is 25.3 Å². The van der Waals surface area contributed by atoms with Crippen LogP contribution in [0.1, 0.15) is 24.0 Å². The molecule has 21 heavy (non-hydrogen) atoms. The SMILES string of the molecule is COc1ccc(CN2CCC(OC)CC2)cc1C#CCN. The van der Waals surface area contributed by atoms with Gasteiger partial charge in [0.15, 0.2) is 0 Å². The summed E-state index contributed by atoms with van der Waals surface area (Å²) in [7, 11) is 3.46. The third-order valence-corrected chi connectivity index (χ3v) is 3.86. The summed E-state index contributed by atoms with van der Waals surface area (Å²) in [5, 5.41) is 0. The molecule has 0 aliphatic carbocycles. The molecule has 1 aliphatic rings. The molecule has 0 amide bonds. The fourth-order valence-corrected chi connectivity index (χ4v) is 2.66. The third-order valence-electron chi connectivity index (χ3n) is 3.86. The minimum absolute atomic E-state index is 0.359. The summed E-state index contributed by atoms with van der Waals surface area (Å²) in [4.78, 5) is 2.46. The van der Waals surface area contributed by atoms with Crippen molar-refractivity contribution in [1.82, 2.24) is 4.90 Å². The quantitative estimate of drug-likeness (QED) is 0.855. The summed E-state index contributed by atoms with van der Waals surface area (Å²) < 4.78 is 10.8. The van der Waals surface area contributed by atoms with Crippen LogP contribution in [0.15, 0.2) is 18.2 Å². The Kier molecular flexibility index (Phi) is 6.06. The van der Waals surface area contributed by atoms with Crippen molar-refractivity contribution < 1.29 is 9.47 Å². The molecule has 0 unspecified atom stereocenters. The van der Waals surface area contributed by atoms with Crippen molar-refractivity contribution >= 4 is 0 Å². The highest BCUT2D eigenvalue weighted by atomic mass is 16.5. The lowest BCUT2D eigenvalue weighted by atomic mass is 10.1. The van der Waals surface area contributed by atoms with Crippen molar-refractivity contribution in [3.63, 3.8) is 0 Å². The number of hydrogen-bond acceptors (Lipinski definition) is 4. The van der Waals surface area contributed by atoms with Crippen LogP contribution in [0.25, 0.3) is 0 Å². The molecule has 2 N–H and O–H groups in total. The van der Waals surface area contributed by atoms with Crippen LogP contribution >= 0.6 is 0 Å². The molecule has 1 aromatic rings. The van der Waals surface area contributed by atoms with E-state index in [4.69, 9.17) is 15.2 Å². The van der Waals surface area contributed by atoms with Crippen LogP contribution in [0.4, 0.5) is 0 Å². The molecule has 0 saturated carbocycles. The number of likely N-dealkylation sites (tertiary alicyclic amines) is 1. The maximum Gasteiger partial charge on any atom is 0.134 e. The molecule has 0 spiro atoms. The number of nitrogens with two attached hydrogens (primary N) is 1. The van der Waals surface area contributed by atoms with Crippen molar-refractivity contribution in [2.24, 2.45) is 5.73 Å². The second-order valence-corrected chi connectivity index (χ2v) is 5.25. The first-order valence-electron chi connectivity index (χ1n) is 7.37. The second kappa shape index (κ2) is 8.04. The Morgan fingerprint density at radius 1 is 1.29 bits per heavy atom. The molecule has 114 valence electrons. The fourth-order valence-electron chi connectivity index (χ4n) is 2.66. The van der Waals surface area contributed by atoms with Gasteiger partial charge in [-0.15, -0.1) is 0 Å². The van der Waals surface area contributed by atoms with E-state index < -0.39 is 0 Å². The maximum absolute atomic E-state index is 5.45. The van der Waals surface area contributed by atoms with Crippen LogP contribution in [0.3, 0.4) is 0 Å². The van der Waals surface area contributed by atoms with E-state index in [0.29, 0.717) is 12.6 Å².